The highest BCUT2D eigenvalue weighted by molar-refractivity contribution is 7.99. The number of aliphatic hydroxyl groups excluding tert-OH is 1. The van der Waals surface area contributed by atoms with Crippen LogP contribution in [0.3, 0.4) is 0 Å². The average molecular weight is 495 g/mol. The maximum atomic E-state index is 12.1. The molecule has 186 valence electrons. The third-order valence-corrected chi connectivity index (χ3v) is 8.04. The molecule has 0 amide bonds. The Morgan fingerprint density at radius 3 is 2.83 bits per heavy atom. The number of carbonyl (C=O) groups is 1. The van der Waals surface area contributed by atoms with Crippen LogP contribution in [0.5, 0.6) is 5.75 Å². The molecule has 0 radical (unpaired) electrons. The lowest BCUT2D eigenvalue weighted by Crippen LogP contribution is -2.44. The van der Waals surface area contributed by atoms with Crippen LogP contribution in [0.1, 0.15) is 37.4 Å². The van der Waals surface area contributed by atoms with Gasteiger partial charge in [0, 0.05) is 23.0 Å². The van der Waals surface area contributed by atoms with Crippen molar-refractivity contribution >= 4 is 28.6 Å². The normalized spacial score (nSPS) is 19.5. The van der Waals surface area contributed by atoms with Gasteiger partial charge in [-0.15, -0.1) is 11.8 Å². The molecule has 7 heteroatoms. The van der Waals surface area contributed by atoms with Crippen LogP contribution in [0.2, 0.25) is 0 Å². The van der Waals surface area contributed by atoms with E-state index < -0.39 is 18.0 Å². The Balaban J connectivity index is 1.30. The third-order valence-electron chi connectivity index (χ3n) is 6.94. The zero-order valence-corrected chi connectivity index (χ0v) is 21.0. The standard InChI is InChI=1S/C28H34N2O4S/c1-34-21-9-10-26-24(18-21)23(12-14-29-26)27(31)11-8-20-13-16-30(19-25(20)28(32)33)15-5-17-35-22-6-3-2-4-7-22/h2-4,6-7,9-10,12,14,18,20,25,27,31H,5,8,11,13,15-17,19H2,1H3,(H,32,33)/t20-,25+,27?/m1/s1. The number of aliphatic carboxylic acids is 1. The highest BCUT2D eigenvalue weighted by atomic mass is 32.2. The Hall–Kier alpha value is -2.61. The van der Waals surface area contributed by atoms with E-state index in [0.717, 1.165) is 53.9 Å². The molecule has 1 aromatic heterocycles. The highest BCUT2D eigenvalue weighted by Gasteiger charge is 2.34. The van der Waals surface area contributed by atoms with E-state index in [4.69, 9.17) is 4.74 Å². The lowest BCUT2D eigenvalue weighted by Gasteiger charge is -2.37. The van der Waals surface area contributed by atoms with Gasteiger partial charge in [0.15, 0.2) is 0 Å². The fourth-order valence-electron chi connectivity index (χ4n) is 4.98. The summed E-state index contributed by atoms with van der Waals surface area (Å²) in [5.74, 6) is 0.691. The number of hydrogen-bond donors (Lipinski definition) is 2. The molecule has 6 nitrogen and oxygen atoms in total. The summed E-state index contributed by atoms with van der Waals surface area (Å²) in [4.78, 5) is 20.0. The largest absolute Gasteiger partial charge is 0.497 e. The number of aliphatic hydroxyl groups is 1. The fourth-order valence-corrected chi connectivity index (χ4v) is 5.84. The lowest BCUT2D eigenvalue weighted by molar-refractivity contribution is -0.146. The topological polar surface area (TPSA) is 82.9 Å². The van der Waals surface area contributed by atoms with Crippen molar-refractivity contribution in [3.05, 3.63) is 66.4 Å². The van der Waals surface area contributed by atoms with E-state index in [1.54, 1.807) is 13.3 Å². The summed E-state index contributed by atoms with van der Waals surface area (Å²) in [7, 11) is 1.62. The number of benzene rings is 2. The van der Waals surface area contributed by atoms with Crippen LogP contribution in [0.15, 0.2) is 65.7 Å². The number of likely N-dealkylation sites (tertiary alicyclic amines) is 1. The van der Waals surface area contributed by atoms with Crippen molar-refractivity contribution in [3.8, 4) is 5.75 Å². The predicted molar refractivity (Wildman–Crippen MR) is 140 cm³/mol. The van der Waals surface area contributed by atoms with Crippen LogP contribution in [0, 0.1) is 11.8 Å². The van der Waals surface area contributed by atoms with Gasteiger partial charge in [0.1, 0.15) is 5.75 Å². The number of hydrogen-bond acceptors (Lipinski definition) is 6. The number of methoxy groups -OCH3 is 1. The van der Waals surface area contributed by atoms with E-state index in [2.05, 4.69) is 34.1 Å². The summed E-state index contributed by atoms with van der Waals surface area (Å²) in [5, 5.41) is 21.8. The molecular formula is C28H34N2O4S. The molecule has 1 aliphatic rings. The zero-order chi connectivity index (χ0) is 24.6. The van der Waals surface area contributed by atoms with Gasteiger partial charge in [-0.1, -0.05) is 18.2 Å². The van der Waals surface area contributed by atoms with Gasteiger partial charge in [-0.2, -0.15) is 0 Å². The number of carboxylic acid groups (broad SMARTS) is 1. The van der Waals surface area contributed by atoms with Crippen LogP contribution in [-0.4, -0.2) is 58.6 Å². The van der Waals surface area contributed by atoms with E-state index in [1.807, 2.05) is 42.1 Å². The average Bonchev–Trinajstić information content (AvgIpc) is 2.89. The van der Waals surface area contributed by atoms with Gasteiger partial charge < -0.3 is 19.8 Å². The molecule has 3 atom stereocenters. The number of fused-ring (bicyclic) bond motifs is 1. The van der Waals surface area contributed by atoms with Crippen LogP contribution in [-0.2, 0) is 4.79 Å². The molecule has 1 saturated heterocycles. The molecule has 2 aromatic carbocycles. The summed E-state index contributed by atoms with van der Waals surface area (Å²) in [6, 6.07) is 17.9. The maximum Gasteiger partial charge on any atom is 0.308 e. The summed E-state index contributed by atoms with van der Waals surface area (Å²) in [6.45, 7) is 2.42. The van der Waals surface area contributed by atoms with E-state index in [-0.39, 0.29) is 5.92 Å². The van der Waals surface area contributed by atoms with E-state index in [0.29, 0.717) is 19.4 Å². The van der Waals surface area contributed by atoms with Crippen molar-refractivity contribution in [2.75, 3.05) is 32.5 Å². The molecule has 35 heavy (non-hydrogen) atoms. The molecule has 3 aromatic rings. The SMILES string of the molecule is COc1ccc2nccc(C(O)CC[C@@H]3CCN(CCCSc4ccccc4)C[C@@H]3C(=O)O)c2c1. The van der Waals surface area contributed by atoms with E-state index in [9.17, 15) is 15.0 Å². The first kappa shape index (κ1) is 25.5. The Bertz CT molecular complexity index is 1110. The summed E-state index contributed by atoms with van der Waals surface area (Å²) < 4.78 is 5.34. The van der Waals surface area contributed by atoms with E-state index in [1.165, 1.54) is 4.90 Å². The van der Waals surface area contributed by atoms with Gasteiger partial charge in [-0.25, -0.2) is 0 Å². The van der Waals surface area contributed by atoms with Crippen LogP contribution >= 0.6 is 11.8 Å². The molecule has 0 saturated carbocycles. The van der Waals surface area contributed by atoms with Crippen molar-refractivity contribution in [2.45, 2.75) is 36.7 Å². The number of nitrogens with zero attached hydrogens (tertiary/aromatic N) is 2. The number of piperidine rings is 1. The maximum absolute atomic E-state index is 12.1. The van der Waals surface area contributed by atoms with Gasteiger partial charge >= 0.3 is 5.97 Å². The second kappa shape index (κ2) is 12.4. The molecule has 2 N–H and O–H groups in total. The minimum absolute atomic E-state index is 0.0692. The van der Waals surface area contributed by atoms with Crippen molar-refractivity contribution < 1.29 is 19.7 Å². The van der Waals surface area contributed by atoms with Gasteiger partial charge in [0.25, 0.3) is 0 Å². The molecule has 4 rings (SSSR count). The number of aromatic nitrogens is 1. The van der Waals surface area contributed by atoms with Gasteiger partial charge in [0.2, 0.25) is 0 Å². The highest BCUT2D eigenvalue weighted by Crippen LogP contribution is 2.34. The van der Waals surface area contributed by atoms with Gasteiger partial charge in [-0.3, -0.25) is 9.78 Å². The predicted octanol–water partition coefficient (Wildman–Crippen LogP) is 5.26. The number of ether oxygens (including phenoxy) is 1. The Labute approximate surface area is 211 Å². The van der Waals surface area contributed by atoms with Gasteiger partial charge in [0.05, 0.1) is 24.6 Å². The first-order valence-electron chi connectivity index (χ1n) is 12.3. The van der Waals surface area contributed by atoms with Crippen molar-refractivity contribution in [1.82, 2.24) is 9.88 Å². The van der Waals surface area contributed by atoms with Crippen LogP contribution in [0.4, 0.5) is 0 Å². The van der Waals surface area contributed by atoms with Crippen molar-refractivity contribution in [1.29, 1.82) is 0 Å². The minimum atomic E-state index is -0.730. The first-order chi connectivity index (χ1) is 17.0. The van der Waals surface area contributed by atoms with Crippen molar-refractivity contribution in [2.24, 2.45) is 11.8 Å². The minimum Gasteiger partial charge on any atom is -0.497 e. The number of carboxylic acids is 1. The van der Waals surface area contributed by atoms with E-state index >= 15 is 0 Å². The quantitative estimate of drug-likeness (QED) is 0.278. The molecule has 0 aliphatic carbocycles. The lowest BCUT2D eigenvalue weighted by atomic mass is 9.81. The molecule has 1 fully saturated rings. The summed E-state index contributed by atoms with van der Waals surface area (Å²) in [6.07, 6.45) is 4.13. The molecule has 0 bridgehead atoms. The van der Waals surface area contributed by atoms with Crippen LogP contribution < -0.4 is 4.74 Å². The monoisotopic (exact) mass is 494 g/mol. The second-order valence-electron chi connectivity index (χ2n) is 9.19. The first-order valence-corrected chi connectivity index (χ1v) is 13.3. The number of thioether (sulfide) groups is 1. The fraction of sp³-hybridized carbons (Fsp3) is 0.429. The summed E-state index contributed by atoms with van der Waals surface area (Å²) >= 11 is 1.85. The van der Waals surface area contributed by atoms with Crippen LogP contribution in [0.25, 0.3) is 10.9 Å². The number of pyridine rings is 1. The number of rotatable bonds is 11. The molecule has 1 unspecified atom stereocenters. The molecule has 2 heterocycles. The third kappa shape index (κ3) is 6.75. The summed E-state index contributed by atoms with van der Waals surface area (Å²) in [5.41, 5.74) is 1.62. The zero-order valence-electron chi connectivity index (χ0n) is 20.2. The molecular weight excluding hydrogens is 460 g/mol. The Kier molecular flexibility index (Phi) is 9.01. The smallest absolute Gasteiger partial charge is 0.308 e. The second-order valence-corrected chi connectivity index (χ2v) is 10.4. The Morgan fingerprint density at radius 1 is 1.23 bits per heavy atom. The van der Waals surface area contributed by atoms with Crippen molar-refractivity contribution in [3.63, 3.8) is 0 Å². The Morgan fingerprint density at radius 2 is 2.06 bits per heavy atom. The molecule has 1 aliphatic heterocycles. The van der Waals surface area contributed by atoms with Gasteiger partial charge in [-0.05, 0) is 92.4 Å². The molecule has 0 spiro atoms.